The summed E-state index contributed by atoms with van der Waals surface area (Å²) in [7, 11) is 0. The third-order valence-electron chi connectivity index (χ3n) is 6.06. The first-order valence-electron chi connectivity index (χ1n) is 10.2. The van der Waals surface area contributed by atoms with Crippen molar-refractivity contribution in [3.8, 4) is 0 Å². The van der Waals surface area contributed by atoms with Crippen molar-refractivity contribution < 1.29 is 0 Å². The first kappa shape index (κ1) is 17.9. The van der Waals surface area contributed by atoms with Crippen LogP contribution in [0.5, 0.6) is 0 Å². The highest BCUT2D eigenvalue weighted by atomic mass is 14.8. The second kappa shape index (κ2) is 6.42. The monoisotopic (exact) mass is 375 g/mol. The molecule has 1 radical (unpaired) electrons. The molecule has 0 unspecified atom stereocenters. The fourth-order valence-corrected chi connectivity index (χ4v) is 5.02. The molecule has 29 heavy (non-hydrogen) atoms. The quantitative estimate of drug-likeness (QED) is 0.382. The van der Waals surface area contributed by atoms with Gasteiger partial charge in [0.2, 0.25) is 6.21 Å². The summed E-state index contributed by atoms with van der Waals surface area (Å²) in [4.78, 5) is 5.01. The van der Waals surface area contributed by atoms with Gasteiger partial charge in [-0.3, -0.25) is 0 Å². The molecule has 141 valence electrons. The minimum Gasteiger partial charge on any atom is -0.0613 e. The largest absolute Gasteiger partial charge is 0.284 e. The lowest BCUT2D eigenvalue weighted by Gasteiger charge is -2.32. The highest BCUT2D eigenvalue weighted by Crippen LogP contribution is 2.45. The normalized spacial score (nSPS) is 14.3. The summed E-state index contributed by atoms with van der Waals surface area (Å²) < 4.78 is 0. The third kappa shape index (κ3) is 2.73. The van der Waals surface area contributed by atoms with Gasteiger partial charge in [-0.1, -0.05) is 89.0 Å². The lowest BCUT2D eigenvalue weighted by molar-refractivity contribution is 0.837. The van der Waals surface area contributed by atoms with Crippen LogP contribution >= 0.6 is 0 Å². The highest BCUT2D eigenvalue weighted by Gasteiger charge is 2.44. The van der Waals surface area contributed by atoms with Gasteiger partial charge >= 0.3 is 0 Å². The SMILES string of the molecule is Cc1cc(C)cc(C2(c3cc(C)cc(C)c3)C=[N+]c3cccc4cccc2c34)c1. The van der Waals surface area contributed by atoms with Crippen LogP contribution in [0.4, 0.5) is 5.69 Å². The predicted octanol–water partition coefficient (Wildman–Crippen LogP) is 6.46. The molecule has 1 heteroatoms. The maximum atomic E-state index is 5.01. The van der Waals surface area contributed by atoms with Crippen LogP contribution in [0.3, 0.4) is 0 Å². The van der Waals surface area contributed by atoms with Crippen LogP contribution in [0.25, 0.3) is 10.8 Å². The molecule has 0 amide bonds. The Bertz CT molecular complexity index is 1200. The number of benzene rings is 4. The molecule has 0 aliphatic carbocycles. The van der Waals surface area contributed by atoms with Gasteiger partial charge in [-0.05, 0) is 49.8 Å². The number of aryl methyl sites for hydroxylation is 4. The summed E-state index contributed by atoms with van der Waals surface area (Å²) in [5, 5.41) is 2.51. The van der Waals surface area contributed by atoms with E-state index in [4.69, 9.17) is 4.99 Å². The van der Waals surface area contributed by atoms with E-state index >= 15 is 0 Å². The Morgan fingerprint density at radius 1 is 0.621 bits per heavy atom. The molecule has 0 N–H and O–H groups in total. The van der Waals surface area contributed by atoms with E-state index in [1.807, 2.05) is 0 Å². The molecule has 4 aromatic rings. The van der Waals surface area contributed by atoms with Crippen molar-refractivity contribution in [3.05, 3.63) is 112 Å². The highest BCUT2D eigenvalue weighted by molar-refractivity contribution is 6.04. The summed E-state index contributed by atoms with van der Waals surface area (Å²) in [5.41, 5.74) is 9.66. The number of rotatable bonds is 2. The molecule has 0 fully saturated rings. The minimum atomic E-state index is -0.401. The van der Waals surface area contributed by atoms with Gasteiger partial charge < -0.3 is 0 Å². The third-order valence-corrected chi connectivity index (χ3v) is 6.06. The fourth-order valence-electron chi connectivity index (χ4n) is 5.02. The zero-order chi connectivity index (χ0) is 20.2. The summed E-state index contributed by atoms with van der Waals surface area (Å²) in [6.07, 6.45) is 2.17. The Labute approximate surface area is 172 Å². The van der Waals surface area contributed by atoms with Crippen LogP contribution in [0.15, 0.2) is 72.8 Å². The van der Waals surface area contributed by atoms with Crippen LogP contribution in [0.2, 0.25) is 0 Å². The van der Waals surface area contributed by atoms with Crippen molar-refractivity contribution in [2.45, 2.75) is 33.1 Å². The summed E-state index contributed by atoms with van der Waals surface area (Å²) >= 11 is 0. The van der Waals surface area contributed by atoms with Gasteiger partial charge in [0.05, 0.1) is 10.4 Å². The molecule has 0 aromatic heterocycles. The van der Waals surface area contributed by atoms with Crippen molar-refractivity contribution in [3.63, 3.8) is 0 Å². The van der Waals surface area contributed by atoms with Gasteiger partial charge in [0.15, 0.2) is 0 Å². The second-order valence-corrected chi connectivity index (χ2v) is 8.50. The van der Waals surface area contributed by atoms with Crippen LogP contribution in [0.1, 0.15) is 38.9 Å². The Morgan fingerprint density at radius 3 is 1.69 bits per heavy atom. The number of hydrogen-bond donors (Lipinski definition) is 0. The van der Waals surface area contributed by atoms with Gasteiger partial charge in [0.25, 0.3) is 5.69 Å². The molecule has 0 saturated heterocycles. The molecular weight excluding hydrogens is 350 g/mol. The van der Waals surface area contributed by atoms with Crippen molar-refractivity contribution in [2.24, 2.45) is 0 Å². The predicted molar refractivity (Wildman–Crippen MR) is 124 cm³/mol. The smallest absolute Gasteiger partial charge is 0.0613 e. The lowest BCUT2D eigenvalue weighted by Crippen LogP contribution is -2.35. The van der Waals surface area contributed by atoms with E-state index in [2.05, 4.69) is 107 Å². The minimum absolute atomic E-state index is 0.401. The van der Waals surface area contributed by atoms with Gasteiger partial charge in [-0.25, -0.2) is 0 Å². The molecule has 0 atom stereocenters. The Morgan fingerprint density at radius 2 is 1.14 bits per heavy atom. The van der Waals surface area contributed by atoms with Crippen LogP contribution in [-0.4, -0.2) is 6.21 Å². The summed E-state index contributed by atoms with van der Waals surface area (Å²) in [5.74, 6) is 0. The lowest BCUT2D eigenvalue weighted by atomic mass is 9.67. The maximum absolute atomic E-state index is 5.01. The van der Waals surface area contributed by atoms with E-state index in [1.165, 1.54) is 49.7 Å². The standard InChI is InChI=1S/C28H25N/c1-18-11-19(2)14-23(13-18)28(24-15-20(3)12-21(4)16-24)17-29-26-10-6-8-22-7-5-9-25(28)27(22)26/h5-17H,1-4H3/q+1. The Hall–Kier alpha value is -3.19. The number of nitrogens with zero attached hydrogens (tertiary/aromatic N) is 1. The Kier molecular flexibility index (Phi) is 3.96. The molecule has 4 aromatic carbocycles. The number of hydrogen-bond acceptors (Lipinski definition) is 1. The second-order valence-electron chi connectivity index (χ2n) is 8.50. The first-order valence-corrected chi connectivity index (χ1v) is 10.2. The molecule has 5 rings (SSSR count). The number of aliphatic imine (C=N–C) groups is 1. The van der Waals surface area contributed by atoms with Crippen LogP contribution < -0.4 is 4.99 Å². The average molecular weight is 376 g/mol. The first-order chi connectivity index (χ1) is 14.0. The molecule has 0 saturated carbocycles. The average Bonchev–Trinajstić information content (AvgIpc) is 2.67. The van der Waals surface area contributed by atoms with Crippen LogP contribution in [-0.2, 0) is 5.41 Å². The molecule has 0 spiro atoms. The van der Waals surface area contributed by atoms with Crippen molar-refractivity contribution in [1.29, 1.82) is 0 Å². The summed E-state index contributed by atoms with van der Waals surface area (Å²) in [6.45, 7) is 8.72. The van der Waals surface area contributed by atoms with Crippen molar-refractivity contribution in [2.75, 3.05) is 0 Å². The van der Waals surface area contributed by atoms with Gasteiger partial charge in [-0.2, -0.15) is 0 Å². The molecule has 0 bridgehead atoms. The fraction of sp³-hybridized carbons (Fsp3) is 0.179. The summed E-state index contributed by atoms with van der Waals surface area (Å²) in [6, 6.07) is 26.8. The molecular formula is C28H25N+. The van der Waals surface area contributed by atoms with E-state index in [-0.39, 0.29) is 0 Å². The van der Waals surface area contributed by atoms with Crippen LogP contribution in [0, 0.1) is 27.7 Å². The van der Waals surface area contributed by atoms with Gasteiger partial charge in [0.1, 0.15) is 5.41 Å². The van der Waals surface area contributed by atoms with E-state index in [0.29, 0.717) is 0 Å². The zero-order valence-electron chi connectivity index (χ0n) is 17.5. The van der Waals surface area contributed by atoms with E-state index in [0.717, 1.165) is 5.69 Å². The zero-order valence-corrected chi connectivity index (χ0v) is 17.5. The molecule has 1 nitrogen and oxygen atoms in total. The molecule has 1 aliphatic rings. The van der Waals surface area contributed by atoms with E-state index < -0.39 is 5.41 Å². The van der Waals surface area contributed by atoms with Crippen molar-refractivity contribution in [1.82, 2.24) is 4.99 Å². The maximum Gasteiger partial charge on any atom is 0.284 e. The molecule has 1 heterocycles. The van der Waals surface area contributed by atoms with Gasteiger partial charge in [0, 0.05) is 6.07 Å². The van der Waals surface area contributed by atoms with E-state index in [9.17, 15) is 0 Å². The topological polar surface area (TPSA) is 14.1 Å². The van der Waals surface area contributed by atoms with Crippen molar-refractivity contribution >= 4 is 22.7 Å². The van der Waals surface area contributed by atoms with E-state index in [1.54, 1.807) is 0 Å². The van der Waals surface area contributed by atoms with Gasteiger partial charge in [-0.15, -0.1) is 0 Å². The molecule has 1 aliphatic heterocycles. The Balaban J connectivity index is 1.96.